The van der Waals surface area contributed by atoms with E-state index in [1.165, 1.54) is 12.1 Å². The number of rotatable bonds is 4. The fourth-order valence-electron chi connectivity index (χ4n) is 2.61. The van der Waals surface area contributed by atoms with Crippen molar-refractivity contribution in [2.75, 3.05) is 38.1 Å². The minimum absolute atomic E-state index is 0.124. The number of halogens is 2. The van der Waals surface area contributed by atoms with Gasteiger partial charge in [0.2, 0.25) is 0 Å². The largest absolute Gasteiger partial charge is 0.365 e. The zero-order valence-corrected chi connectivity index (χ0v) is 13.1. The number of nitrogens with one attached hydrogen (secondary N) is 1. The molecule has 1 aromatic carbocycles. The van der Waals surface area contributed by atoms with Crippen molar-refractivity contribution in [1.29, 1.82) is 0 Å². The average Bonchev–Trinajstić information content (AvgIpc) is 2.61. The Morgan fingerprint density at radius 1 is 1.10 bits per heavy atom. The van der Waals surface area contributed by atoms with Gasteiger partial charge in [0.15, 0.2) is 0 Å². The Bertz CT molecular complexity index is 454. The predicted molar refractivity (Wildman–Crippen MR) is 82.7 cm³/mol. The molecule has 0 aliphatic carbocycles. The van der Waals surface area contributed by atoms with Crippen LogP contribution in [0.3, 0.4) is 0 Å². The van der Waals surface area contributed by atoms with Crippen LogP contribution in [0, 0.1) is 11.6 Å². The lowest BCUT2D eigenvalue weighted by molar-refractivity contribution is 0.360. The summed E-state index contributed by atoms with van der Waals surface area (Å²) in [6, 6.07) is 3.18. The van der Waals surface area contributed by atoms with Crippen molar-refractivity contribution in [2.24, 2.45) is 0 Å². The van der Waals surface area contributed by atoms with Crippen molar-refractivity contribution >= 4 is 5.69 Å². The van der Waals surface area contributed by atoms with Gasteiger partial charge in [0.1, 0.15) is 17.3 Å². The lowest BCUT2D eigenvalue weighted by atomic mass is 10.1. The highest BCUT2D eigenvalue weighted by Crippen LogP contribution is 2.26. The molecule has 0 amide bonds. The monoisotopic (exact) mass is 297 g/mol. The number of nitrogens with zero attached hydrogens (tertiary/aromatic N) is 2. The summed E-state index contributed by atoms with van der Waals surface area (Å²) in [6.45, 7) is 7.65. The van der Waals surface area contributed by atoms with Gasteiger partial charge >= 0.3 is 0 Å². The lowest BCUT2D eigenvalue weighted by Gasteiger charge is -2.24. The van der Waals surface area contributed by atoms with Crippen molar-refractivity contribution < 1.29 is 8.78 Å². The molecule has 1 fully saturated rings. The minimum Gasteiger partial charge on any atom is -0.365 e. The van der Waals surface area contributed by atoms with Crippen LogP contribution in [0.2, 0.25) is 0 Å². The quantitative estimate of drug-likeness (QED) is 0.921. The van der Waals surface area contributed by atoms with E-state index < -0.39 is 11.6 Å². The topological polar surface area (TPSA) is 18.5 Å². The summed E-state index contributed by atoms with van der Waals surface area (Å²) in [5.74, 6) is -0.916. The van der Waals surface area contributed by atoms with Crippen LogP contribution < -0.4 is 10.2 Å². The highest BCUT2D eigenvalue weighted by Gasteiger charge is 2.20. The maximum atomic E-state index is 14.3. The highest BCUT2D eigenvalue weighted by atomic mass is 19.1. The molecule has 1 N–H and O–H groups in total. The van der Waals surface area contributed by atoms with Gasteiger partial charge in [-0.15, -0.1) is 0 Å². The SMILES string of the molecule is CC(C)NCc1cc(F)c(N2CCCN(C)CC2)c(F)c1. The van der Waals surface area contributed by atoms with Crippen LogP contribution in [-0.2, 0) is 6.54 Å². The fourth-order valence-corrected chi connectivity index (χ4v) is 2.61. The van der Waals surface area contributed by atoms with E-state index in [4.69, 9.17) is 0 Å². The van der Waals surface area contributed by atoms with Crippen LogP contribution in [0.4, 0.5) is 14.5 Å². The second-order valence-electron chi connectivity index (χ2n) is 6.09. The summed E-state index contributed by atoms with van der Waals surface area (Å²) in [7, 11) is 2.04. The molecule has 5 heteroatoms. The molecule has 0 spiro atoms. The van der Waals surface area contributed by atoms with E-state index >= 15 is 0 Å². The molecule has 0 unspecified atom stereocenters. The Morgan fingerprint density at radius 2 is 1.76 bits per heavy atom. The van der Waals surface area contributed by atoms with Gasteiger partial charge in [-0.25, -0.2) is 8.78 Å². The summed E-state index contributed by atoms with van der Waals surface area (Å²) < 4.78 is 28.7. The molecule has 0 saturated carbocycles. The number of benzene rings is 1. The number of likely N-dealkylation sites (N-methyl/N-ethyl adjacent to an activating group) is 1. The third-order valence-electron chi connectivity index (χ3n) is 3.83. The molecule has 2 rings (SSSR count). The van der Waals surface area contributed by atoms with Crippen LogP contribution in [0.5, 0.6) is 0 Å². The molecule has 1 aromatic rings. The van der Waals surface area contributed by atoms with Gasteiger partial charge in [0.05, 0.1) is 0 Å². The van der Waals surface area contributed by atoms with Gasteiger partial charge < -0.3 is 15.1 Å². The third kappa shape index (κ3) is 4.38. The van der Waals surface area contributed by atoms with Gasteiger partial charge in [-0.05, 0) is 37.7 Å². The Morgan fingerprint density at radius 3 is 2.38 bits per heavy atom. The second kappa shape index (κ2) is 7.18. The minimum atomic E-state index is -0.458. The summed E-state index contributed by atoms with van der Waals surface area (Å²) in [5, 5.41) is 3.18. The molecule has 0 radical (unpaired) electrons. The van der Waals surface area contributed by atoms with Crippen molar-refractivity contribution in [3.63, 3.8) is 0 Å². The number of hydrogen-bond donors (Lipinski definition) is 1. The van der Waals surface area contributed by atoms with E-state index in [1.54, 1.807) is 0 Å². The summed E-state index contributed by atoms with van der Waals surface area (Å²) in [5.41, 5.74) is 0.771. The molecule has 1 heterocycles. The molecule has 0 atom stereocenters. The molecular formula is C16H25F2N3. The first-order valence-electron chi connectivity index (χ1n) is 7.62. The van der Waals surface area contributed by atoms with Crippen LogP contribution in [0.1, 0.15) is 25.8 Å². The van der Waals surface area contributed by atoms with Crippen LogP contribution in [-0.4, -0.2) is 44.2 Å². The van der Waals surface area contributed by atoms with E-state index in [0.717, 1.165) is 19.5 Å². The molecule has 0 aromatic heterocycles. The third-order valence-corrected chi connectivity index (χ3v) is 3.83. The van der Waals surface area contributed by atoms with Crippen molar-refractivity contribution in [2.45, 2.75) is 32.9 Å². The van der Waals surface area contributed by atoms with E-state index in [1.807, 2.05) is 25.8 Å². The lowest BCUT2D eigenvalue weighted by Crippen LogP contribution is -2.30. The van der Waals surface area contributed by atoms with E-state index in [-0.39, 0.29) is 11.7 Å². The first kappa shape index (κ1) is 16.2. The molecule has 1 saturated heterocycles. The molecule has 21 heavy (non-hydrogen) atoms. The van der Waals surface area contributed by atoms with E-state index in [9.17, 15) is 8.78 Å². The highest BCUT2D eigenvalue weighted by molar-refractivity contribution is 5.51. The maximum Gasteiger partial charge on any atom is 0.149 e. The zero-order chi connectivity index (χ0) is 15.4. The van der Waals surface area contributed by atoms with E-state index in [0.29, 0.717) is 25.2 Å². The molecule has 118 valence electrons. The molecule has 1 aliphatic rings. The summed E-state index contributed by atoms with van der Waals surface area (Å²) >= 11 is 0. The van der Waals surface area contributed by atoms with Crippen molar-refractivity contribution in [3.8, 4) is 0 Å². The van der Waals surface area contributed by atoms with Crippen LogP contribution >= 0.6 is 0 Å². The van der Waals surface area contributed by atoms with Crippen LogP contribution in [0.25, 0.3) is 0 Å². The molecule has 3 nitrogen and oxygen atoms in total. The Labute approximate surface area is 125 Å². The Hall–Kier alpha value is -1.20. The smallest absolute Gasteiger partial charge is 0.149 e. The molecule has 1 aliphatic heterocycles. The van der Waals surface area contributed by atoms with Gasteiger partial charge in [-0.3, -0.25) is 0 Å². The Balaban J connectivity index is 2.16. The molecule has 0 bridgehead atoms. The standard InChI is InChI=1S/C16H25F2N3/c1-12(2)19-11-13-9-14(17)16(15(18)10-13)21-6-4-5-20(3)7-8-21/h9-10,12,19H,4-8,11H2,1-3H3. The fraction of sp³-hybridized carbons (Fsp3) is 0.625. The first-order valence-corrected chi connectivity index (χ1v) is 7.62. The number of anilines is 1. The normalized spacial score (nSPS) is 17.3. The van der Waals surface area contributed by atoms with E-state index in [2.05, 4.69) is 10.2 Å². The van der Waals surface area contributed by atoms with Gasteiger partial charge in [-0.1, -0.05) is 13.8 Å². The van der Waals surface area contributed by atoms with Gasteiger partial charge in [0.25, 0.3) is 0 Å². The zero-order valence-electron chi connectivity index (χ0n) is 13.1. The first-order chi connectivity index (χ1) is 9.97. The van der Waals surface area contributed by atoms with Crippen molar-refractivity contribution in [3.05, 3.63) is 29.3 Å². The van der Waals surface area contributed by atoms with Gasteiger partial charge in [-0.2, -0.15) is 0 Å². The summed E-state index contributed by atoms with van der Waals surface area (Å²) in [4.78, 5) is 4.02. The van der Waals surface area contributed by atoms with Crippen LogP contribution in [0.15, 0.2) is 12.1 Å². The van der Waals surface area contributed by atoms with Gasteiger partial charge in [0, 0.05) is 32.2 Å². The molecular weight excluding hydrogens is 272 g/mol. The second-order valence-corrected chi connectivity index (χ2v) is 6.09. The average molecular weight is 297 g/mol. The maximum absolute atomic E-state index is 14.3. The van der Waals surface area contributed by atoms with Crippen molar-refractivity contribution in [1.82, 2.24) is 10.2 Å². The predicted octanol–water partition coefficient (Wildman–Crippen LogP) is 2.60. The summed E-state index contributed by atoms with van der Waals surface area (Å²) in [6.07, 6.45) is 0.923. The Kier molecular flexibility index (Phi) is 5.53. The number of hydrogen-bond acceptors (Lipinski definition) is 3.